The molecule has 0 N–H and O–H groups in total. The largest absolute Gasteiger partial charge is 0.508 e. The summed E-state index contributed by atoms with van der Waals surface area (Å²) in [6.07, 6.45) is 2.76. The fraction of sp³-hybridized carbons (Fsp3) is 0.846. The van der Waals surface area contributed by atoms with Gasteiger partial charge in [-0.3, -0.25) is 4.79 Å². The zero-order valence-electron chi connectivity index (χ0n) is 11.0. The van der Waals surface area contributed by atoms with Gasteiger partial charge < -0.3 is 9.47 Å². The highest BCUT2D eigenvalue weighted by Crippen LogP contribution is 2.41. The van der Waals surface area contributed by atoms with Crippen LogP contribution in [-0.2, 0) is 14.3 Å². The molecule has 0 aliphatic heterocycles. The van der Waals surface area contributed by atoms with Crippen molar-refractivity contribution in [1.29, 1.82) is 0 Å². The monoisotopic (exact) mass is 242 g/mol. The van der Waals surface area contributed by atoms with Gasteiger partial charge in [0.2, 0.25) is 0 Å². The van der Waals surface area contributed by atoms with Crippen molar-refractivity contribution in [2.75, 3.05) is 6.61 Å². The molecule has 4 heteroatoms. The third-order valence-electron chi connectivity index (χ3n) is 3.85. The Labute approximate surface area is 103 Å². The molecular weight excluding hydrogens is 220 g/mol. The summed E-state index contributed by atoms with van der Waals surface area (Å²) < 4.78 is 9.70. The molecule has 1 unspecified atom stereocenters. The SMILES string of the molecule is CCOC(=O)OC1CCC(CC)(CC)CC1=O. The smallest absolute Gasteiger partial charge is 0.435 e. The standard InChI is InChI=1S/C13H22O4/c1-4-13(5-2)8-7-11(10(14)9-13)17-12(15)16-6-3/h11H,4-9H2,1-3H3. The minimum Gasteiger partial charge on any atom is -0.435 e. The molecule has 98 valence electrons. The molecule has 0 aromatic carbocycles. The molecule has 0 radical (unpaired) electrons. The van der Waals surface area contributed by atoms with Crippen LogP contribution < -0.4 is 0 Å². The first-order valence-corrected chi connectivity index (χ1v) is 6.43. The van der Waals surface area contributed by atoms with Gasteiger partial charge in [0, 0.05) is 6.42 Å². The van der Waals surface area contributed by atoms with Crippen LogP contribution in [0.1, 0.15) is 52.9 Å². The highest BCUT2D eigenvalue weighted by atomic mass is 16.7. The van der Waals surface area contributed by atoms with E-state index in [1.807, 2.05) is 0 Å². The van der Waals surface area contributed by atoms with E-state index in [1.54, 1.807) is 6.92 Å². The van der Waals surface area contributed by atoms with E-state index >= 15 is 0 Å². The van der Waals surface area contributed by atoms with E-state index in [-0.39, 0.29) is 17.8 Å². The summed E-state index contributed by atoms with van der Waals surface area (Å²) in [5.41, 5.74) is 0.117. The quantitative estimate of drug-likeness (QED) is 0.711. The first-order chi connectivity index (χ1) is 8.06. The molecule has 0 aromatic heterocycles. The normalized spacial score (nSPS) is 23.2. The topological polar surface area (TPSA) is 52.6 Å². The Hall–Kier alpha value is -1.06. The number of rotatable bonds is 4. The summed E-state index contributed by atoms with van der Waals surface area (Å²) in [5, 5.41) is 0. The maximum atomic E-state index is 11.9. The average Bonchev–Trinajstić information content (AvgIpc) is 2.32. The van der Waals surface area contributed by atoms with E-state index in [0.717, 1.165) is 19.3 Å². The number of hydrogen-bond acceptors (Lipinski definition) is 4. The lowest BCUT2D eigenvalue weighted by atomic mass is 9.69. The zero-order chi connectivity index (χ0) is 12.9. The van der Waals surface area contributed by atoms with E-state index in [4.69, 9.17) is 4.74 Å². The predicted molar refractivity (Wildman–Crippen MR) is 63.8 cm³/mol. The van der Waals surface area contributed by atoms with Crippen molar-refractivity contribution < 1.29 is 19.1 Å². The van der Waals surface area contributed by atoms with Gasteiger partial charge in [-0.25, -0.2) is 4.79 Å². The third-order valence-corrected chi connectivity index (χ3v) is 3.85. The van der Waals surface area contributed by atoms with Crippen molar-refractivity contribution >= 4 is 11.9 Å². The van der Waals surface area contributed by atoms with E-state index in [1.165, 1.54) is 0 Å². The van der Waals surface area contributed by atoms with Gasteiger partial charge in [-0.2, -0.15) is 0 Å². The fourth-order valence-electron chi connectivity index (χ4n) is 2.42. The van der Waals surface area contributed by atoms with Gasteiger partial charge in [-0.15, -0.1) is 0 Å². The zero-order valence-corrected chi connectivity index (χ0v) is 11.0. The summed E-state index contributed by atoms with van der Waals surface area (Å²) in [6.45, 7) is 6.21. The van der Waals surface area contributed by atoms with Gasteiger partial charge in [0.25, 0.3) is 0 Å². The Morgan fingerprint density at radius 2 is 2.00 bits per heavy atom. The summed E-state index contributed by atoms with van der Waals surface area (Å²) in [4.78, 5) is 23.1. The molecule has 1 rings (SSSR count). The number of ketones is 1. The van der Waals surface area contributed by atoms with Crippen LogP contribution in [0.4, 0.5) is 4.79 Å². The van der Waals surface area contributed by atoms with E-state index in [0.29, 0.717) is 12.8 Å². The van der Waals surface area contributed by atoms with Gasteiger partial charge in [0.1, 0.15) is 0 Å². The highest BCUT2D eigenvalue weighted by Gasteiger charge is 2.39. The summed E-state index contributed by atoms with van der Waals surface area (Å²) in [6, 6.07) is 0. The molecule has 0 heterocycles. The number of ether oxygens (including phenoxy) is 2. The van der Waals surface area contributed by atoms with Crippen LogP contribution >= 0.6 is 0 Å². The number of hydrogen-bond donors (Lipinski definition) is 0. The first-order valence-electron chi connectivity index (χ1n) is 6.43. The summed E-state index contributed by atoms with van der Waals surface area (Å²) in [7, 11) is 0. The van der Waals surface area contributed by atoms with E-state index in [2.05, 4.69) is 18.6 Å². The second-order valence-electron chi connectivity index (χ2n) is 4.68. The van der Waals surface area contributed by atoms with Crippen LogP contribution in [0.3, 0.4) is 0 Å². The molecule has 4 nitrogen and oxygen atoms in total. The maximum Gasteiger partial charge on any atom is 0.508 e. The minimum atomic E-state index is -0.730. The Morgan fingerprint density at radius 1 is 1.35 bits per heavy atom. The van der Waals surface area contributed by atoms with Gasteiger partial charge in [-0.1, -0.05) is 26.7 Å². The van der Waals surface area contributed by atoms with E-state index in [9.17, 15) is 9.59 Å². The van der Waals surface area contributed by atoms with Crippen molar-refractivity contribution in [2.45, 2.75) is 59.0 Å². The molecule has 1 fully saturated rings. The molecule has 0 amide bonds. The van der Waals surface area contributed by atoms with Gasteiger partial charge in [0.05, 0.1) is 6.61 Å². The molecule has 1 atom stereocenters. The molecule has 1 saturated carbocycles. The van der Waals surface area contributed by atoms with Crippen LogP contribution in [0, 0.1) is 5.41 Å². The van der Waals surface area contributed by atoms with Crippen molar-refractivity contribution in [3.8, 4) is 0 Å². The number of carbonyl (C=O) groups is 2. The second-order valence-corrected chi connectivity index (χ2v) is 4.68. The van der Waals surface area contributed by atoms with Crippen molar-refractivity contribution in [3.05, 3.63) is 0 Å². The molecule has 0 saturated heterocycles. The molecular formula is C13H22O4. The van der Waals surface area contributed by atoms with Crippen LogP contribution in [0.25, 0.3) is 0 Å². The van der Waals surface area contributed by atoms with Crippen molar-refractivity contribution in [2.24, 2.45) is 5.41 Å². The molecule has 0 aromatic rings. The lowest BCUT2D eigenvalue weighted by Crippen LogP contribution is -2.39. The van der Waals surface area contributed by atoms with Crippen molar-refractivity contribution in [3.63, 3.8) is 0 Å². The Balaban J connectivity index is 2.53. The molecule has 0 spiro atoms. The van der Waals surface area contributed by atoms with E-state index < -0.39 is 12.3 Å². The van der Waals surface area contributed by atoms with Gasteiger partial charge in [-0.05, 0) is 25.2 Å². The summed E-state index contributed by atoms with van der Waals surface area (Å²) in [5.74, 6) is 0.0352. The van der Waals surface area contributed by atoms with Crippen LogP contribution in [-0.4, -0.2) is 24.6 Å². The summed E-state index contributed by atoms with van der Waals surface area (Å²) >= 11 is 0. The molecule has 1 aliphatic rings. The molecule has 17 heavy (non-hydrogen) atoms. The lowest BCUT2D eigenvalue weighted by molar-refractivity contribution is -0.136. The average molecular weight is 242 g/mol. The third kappa shape index (κ3) is 3.45. The lowest BCUT2D eigenvalue weighted by Gasteiger charge is -2.37. The Kier molecular flexibility index (Phi) is 4.97. The number of carbonyl (C=O) groups excluding carboxylic acids is 2. The number of Topliss-reactive ketones (excluding diaryl/α,β-unsaturated/α-hetero) is 1. The van der Waals surface area contributed by atoms with Crippen molar-refractivity contribution in [1.82, 2.24) is 0 Å². The Morgan fingerprint density at radius 3 is 2.47 bits per heavy atom. The fourth-order valence-corrected chi connectivity index (χ4v) is 2.42. The Bertz CT molecular complexity index is 281. The van der Waals surface area contributed by atoms with Crippen LogP contribution in [0.15, 0.2) is 0 Å². The maximum absolute atomic E-state index is 11.9. The van der Waals surface area contributed by atoms with Crippen LogP contribution in [0.5, 0.6) is 0 Å². The van der Waals surface area contributed by atoms with Crippen LogP contribution in [0.2, 0.25) is 0 Å². The van der Waals surface area contributed by atoms with Gasteiger partial charge in [0.15, 0.2) is 11.9 Å². The second kappa shape index (κ2) is 6.03. The molecule has 1 aliphatic carbocycles. The predicted octanol–water partition coefficient (Wildman–Crippen LogP) is 3.09. The minimum absolute atomic E-state index is 0.0352. The molecule has 0 bridgehead atoms. The highest BCUT2D eigenvalue weighted by molar-refractivity contribution is 5.86. The van der Waals surface area contributed by atoms with Gasteiger partial charge >= 0.3 is 6.16 Å². The first kappa shape index (κ1) is 14.0.